The predicted octanol–water partition coefficient (Wildman–Crippen LogP) is 7.29. The van der Waals surface area contributed by atoms with Gasteiger partial charge in [-0.05, 0) is 84.5 Å². The SMILES string of the molecule is COC(=O)[C@]12CC(=O)[C@H](C(C)C)CC(=O)[C@H](C)CCC[C@H](C)CC(=O)[C@H]1CC(C)=C1C[C@H](O)[C@@]3(C)O[C@@H](CCC(C)=C[C@@H]12)[C@@]1(C)CC[C@H]3O1. The van der Waals surface area contributed by atoms with Crippen molar-refractivity contribution in [3.8, 4) is 0 Å². The minimum Gasteiger partial charge on any atom is -0.469 e. The Morgan fingerprint density at radius 1 is 0.918 bits per heavy atom. The molecule has 2 aliphatic carbocycles. The van der Waals surface area contributed by atoms with Crippen molar-refractivity contribution in [3.63, 3.8) is 0 Å². The highest BCUT2D eigenvalue weighted by Gasteiger charge is 2.62. The number of allylic oxidation sites excluding steroid dienone is 3. The monoisotopic (exact) mass is 682 g/mol. The first-order valence-corrected chi connectivity index (χ1v) is 19.0. The smallest absolute Gasteiger partial charge is 0.313 e. The van der Waals surface area contributed by atoms with Gasteiger partial charge in [0.25, 0.3) is 0 Å². The molecule has 0 aromatic carbocycles. The van der Waals surface area contributed by atoms with Crippen LogP contribution in [0, 0.1) is 40.9 Å². The molecule has 0 spiro atoms. The zero-order chi connectivity index (χ0) is 36.1. The van der Waals surface area contributed by atoms with E-state index in [9.17, 15) is 24.3 Å². The molecular formula is C41H62O8. The van der Waals surface area contributed by atoms with Crippen LogP contribution in [0.15, 0.2) is 22.8 Å². The number of ketones is 3. The Labute approximate surface area is 294 Å². The fraction of sp³-hybridized carbons (Fsp3) is 0.805. The lowest BCUT2D eigenvalue weighted by Gasteiger charge is -2.51. The van der Waals surface area contributed by atoms with Crippen LogP contribution < -0.4 is 0 Å². The van der Waals surface area contributed by atoms with E-state index in [1.165, 1.54) is 7.11 Å². The Kier molecular flexibility index (Phi) is 11.2. The number of carbonyl (C=O) groups is 4. The van der Waals surface area contributed by atoms with Crippen molar-refractivity contribution in [3.05, 3.63) is 22.8 Å². The average molecular weight is 683 g/mol. The molecule has 1 N–H and O–H groups in total. The van der Waals surface area contributed by atoms with Crippen LogP contribution in [-0.4, -0.2) is 65.0 Å². The summed E-state index contributed by atoms with van der Waals surface area (Å²) in [7, 11) is 1.34. The predicted molar refractivity (Wildman–Crippen MR) is 188 cm³/mol. The molecule has 0 radical (unpaired) electrons. The number of hydrogen-bond acceptors (Lipinski definition) is 8. The standard InChI is InChI=1S/C41H62O8/c1-23(2)28-20-32(42)26(5)12-10-11-24(3)18-33(43)31-19-27(6)29-21-35(45)40(8)37-15-16-39(7,48-37)36(49-40)14-13-25(4)17-30(29)41(31,22-34(28)44)38(46)47-9/h17,23-24,26,28,30-31,35-37,45H,10-16,18-22H2,1-9H3/t24-,26+,28-,30-,31+,35-,36-,37+,39+,40+,41-/m0/s1. The molecule has 0 aromatic heterocycles. The van der Waals surface area contributed by atoms with Crippen molar-refractivity contribution in [1.29, 1.82) is 0 Å². The summed E-state index contributed by atoms with van der Waals surface area (Å²) < 4.78 is 19.1. The molecule has 8 nitrogen and oxygen atoms in total. The van der Waals surface area contributed by atoms with Crippen LogP contribution in [0.3, 0.4) is 0 Å². The summed E-state index contributed by atoms with van der Waals surface area (Å²) in [5.41, 5.74) is -0.0540. The third kappa shape index (κ3) is 7.04. The maximum Gasteiger partial charge on any atom is 0.313 e. The number of hydrogen-bond donors (Lipinski definition) is 1. The van der Waals surface area contributed by atoms with Crippen LogP contribution in [0.4, 0.5) is 0 Å². The van der Waals surface area contributed by atoms with E-state index in [0.29, 0.717) is 25.7 Å². The first kappa shape index (κ1) is 38.1. The summed E-state index contributed by atoms with van der Waals surface area (Å²) in [4.78, 5) is 57.4. The van der Waals surface area contributed by atoms with Gasteiger partial charge in [0.1, 0.15) is 23.0 Å². The van der Waals surface area contributed by atoms with Gasteiger partial charge in [-0.1, -0.05) is 63.3 Å². The molecule has 11 atom stereocenters. The van der Waals surface area contributed by atoms with Gasteiger partial charge in [0.2, 0.25) is 0 Å². The van der Waals surface area contributed by atoms with Gasteiger partial charge in [-0.3, -0.25) is 19.2 Å². The van der Waals surface area contributed by atoms with E-state index in [1.807, 2.05) is 41.5 Å². The van der Waals surface area contributed by atoms with E-state index in [0.717, 1.165) is 48.8 Å². The van der Waals surface area contributed by atoms with Crippen LogP contribution in [0.5, 0.6) is 0 Å². The van der Waals surface area contributed by atoms with Crippen LogP contribution in [0.25, 0.3) is 0 Å². The van der Waals surface area contributed by atoms with Crippen molar-refractivity contribution in [2.24, 2.45) is 40.9 Å². The molecule has 274 valence electrons. The lowest BCUT2D eigenvalue weighted by molar-refractivity contribution is -0.296. The molecule has 1 saturated carbocycles. The molecule has 8 heteroatoms. The highest BCUT2D eigenvalue weighted by molar-refractivity contribution is 5.97. The van der Waals surface area contributed by atoms with Crippen LogP contribution >= 0.6 is 0 Å². The van der Waals surface area contributed by atoms with Gasteiger partial charge in [0.05, 0.1) is 36.4 Å². The van der Waals surface area contributed by atoms with Crippen LogP contribution in [0.1, 0.15) is 132 Å². The Morgan fingerprint density at radius 2 is 1.63 bits per heavy atom. The highest BCUT2D eigenvalue weighted by Crippen LogP contribution is 2.57. The lowest BCUT2D eigenvalue weighted by Crippen LogP contribution is -2.62. The van der Waals surface area contributed by atoms with Gasteiger partial charge in [0, 0.05) is 42.9 Å². The van der Waals surface area contributed by atoms with E-state index in [4.69, 9.17) is 14.2 Å². The summed E-state index contributed by atoms with van der Waals surface area (Å²) in [5, 5.41) is 12.2. The topological polar surface area (TPSA) is 116 Å². The summed E-state index contributed by atoms with van der Waals surface area (Å²) in [6.07, 6.45) is 6.79. The van der Waals surface area contributed by atoms with E-state index in [1.54, 1.807) is 0 Å². The molecule has 0 unspecified atom stereocenters. The number of fused-ring (bicyclic) bond motifs is 9. The van der Waals surface area contributed by atoms with Gasteiger partial charge in [-0.15, -0.1) is 0 Å². The molecule has 4 bridgehead atoms. The number of rotatable bonds is 2. The number of esters is 1. The molecule has 0 amide bonds. The second-order valence-corrected chi connectivity index (χ2v) is 17.4. The van der Waals surface area contributed by atoms with E-state index < -0.39 is 46.4 Å². The molecular weight excluding hydrogens is 620 g/mol. The van der Waals surface area contributed by atoms with Crippen molar-refractivity contribution in [2.75, 3.05) is 7.11 Å². The van der Waals surface area contributed by atoms with Gasteiger partial charge in [-0.25, -0.2) is 0 Å². The van der Waals surface area contributed by atoms with E-state index in [2.05, 4.69) is 19.9 Å². The van der Waals surface area contributed by atoms with Gasteiger partial charge in [-0.2, -0.15) is 0 Å². The second-order valence-electron chi connectivity index (χ2n) is 17.4. The fourth-order valence-corrected chi connectivity index (χ4v) is 10.0. The number of ether oxygens (including phenoxy) is 3. The molecule has 5 rings (SSSR count). The number of Topliss-reactive ketones (excluding diaryl/α,β-unsaturated/α-hetero) is 3. The fourth-order valence-electron chi connectivity index (χ4n) is 10.0. The normalized spacial score (nSPS) is 42.8. The quantitative estimate of drug-likeness (QED) is 0.239. The first-order valence-electron chi connectivity index (χ1n) is 19.0. The summed E-state index contributed by atoms with van der Waals surface area (Å²) in [6.45, 7) is 16.0. The Balaban J connectivity index is 1.70. The van der Waals surface area contributed by atoms with Crippen molar-refractivity contribution in [2.45, 2.75) is 162 Å². The summed E-state index contributed by atoms with van der Waals surface area (Å²) >= 11 is 0. The minimum absolute atomic E-state index is 0.0166. The lowest BCUT2D eigenvalue weighted by atomic mass is 9.53. The minimum atomic E-state index is -1.52. The zero-order valence-corrected chi connectivity index (χ0v) is 31.6. The number of aliphatic hydroxyl groups is 1. The molecule has 3 aliphatic heterocycles. The molecule has 3 fully saturated rings. The van der Waals surface area contributed by atoms with Crippen LogP contribution in [0.2, 0.25) is 0 Å². The Morgan fingerprint density at radius 3 is 2.31 bits per heavy atom. The van der Waals surface area contributed by atoms with Crippen LogP contribution in [-0.2, 0) is 33.4 Å². The summed E-state index contributed by atoms with van der Waals surface area (Å²) in [5.74, 6) is -2.92. The van der Waals surface area contributed by atoms with Gasteiger partial charge >= 0.3 is 5.97 Å². The molecule has 2 saturated heterocycles. The van der Waals surface area contributed by atoms with Gasteiger partial charge < -0.3 is 19.3 Å². The van der Waals surface area contributed by atoms with Crippen molar-refractivity contribution >= 4 is 23.3 Å². The number of carbonyl (C=O) groups excluding carboxylic acids is 4. The Hall–Kier alpha value is -2.16. The third-order valence-corrected chi connectivity index (χ3v) is 13.5. The Bertz CT molecular complexity index is 1380. The molecule has 3 heterocycles. The van der Waals surface area contributed by atoms with Crippen molar-refractivity contribution in [1.82, 2.24) is 0 Å². The van der Waals surface area contributed by atoms with Crippen molar-refractivity contribution < 1.29 is 38.5 Å². The molecule has 49 heavy (non-hydrogen) atoms. The van der Waals surface area contributed by atoms with E-state index in [-0.39, 0.29) is 66.6 Å². The average Bonchev–Trinajstić information content (AvgIpc) is 3.41. The highest BCUT2D eigenvalue weighted by atomic mass is 16.6. The maximum atomic E-state index is 14.7. The molecule has 5 aliphatic rings. The van der Waals surface area contributed by atoms with E-state index >= 15 is 0 Å². The number of aliphatic hydroxyl groups excluding tert-OH is 1. The first-order chi connectivity index (χ1) is 23.0. The molecule has 0 aromatic rings. The second kappa shape index (κ2) is 14.5. The third-order valence-electron chi connectivity index (χ3n) is 13.5. The largest absolute Gasteiger partial charge is 0.469 e. The maximum absolute atomic E-state index is 14.7. The van der Waals surface area contributed by atoms with Gasteiger partial charge in [0.15, 0.2) is 0 Å². The zero-order valence-electron chi connectivity index (χ0n) is 31.6. The summed E-state index contributed by atoms with van der Waals surface area (Å²) in [6, 6.07) is 0. The number of methoxy groups -OCH3 is 1.